The van der Waals surface area contributed by atoms with E-state index in [1.165, 1.54) is 6.20 Å². The lowest BCUT2D eigenvalue weighted by Gasteiger charge is -2.25. The van der Waals surface area contributed by atoms with Crippen molar-refractivity contribution in [2.45, 2.75) is 6.18 Å². The Morgan fingerprint density at radius 3 is 2.60 bits per heavy atom. The lowest BCUT2D eigenvalue weighted by atomic mass is 10.1. The Balaban J connectivity index is 2.50. The molecular weight excluding hydrogens is 357 g/mol. The van der Waals surface area contributed by atoms with Crippen molar-refractivity contribution in [3.63, 3.8) is 0 Å². The molecule has 0 aliphatic heterocycles. The molecule has 0 radical (unpaired) electrons. The number of hydrogen-bond donors (Lipinski definition) is 0. The van der Waals surface area contributed by atoms with Crippen LogP contribution in [0.15, 0.2) is 34.9 Å². The molecule has 108 valence electrons. The van der Waals surface area contributed by atoms with E-state index in [4.69, 9.17) is 11.6 Å². The molecule has 0 atom stereocenters. The first kappa shape index (κ1) is 15.4. The first-order chi connectivity index (χ1) is 9.42. The van der Waals surface area contributed by atoms with Gasteiger partial charge in [0.25, 0.3) is 0 Å². The molecule has 0 bridgehead atoms. The van der Waals surface area contributed by atoms with Gasteiger partial charge in [-0.15, -0.1) is 11.6 Å². The summed E-state index contributed by atoms with van der Waals surface area (Å²) in [5.74, 6) is 0.393. The molecule has 7 heteroatoms. The second-order valence-electron chi connectivity index (χ2n) is 4.20. The van der Waals surface area contributed by atoms with Gasteiger partial charge in [-0.2, -0.15) is 13.2 Å². The van der Waals surface area contributed by atoms with Gasteiger partial charge in [-0.3, -0.25) is 0 Å². The molecule has 2 nitrogen and oxygen atoms in total. The van der Waals surface area contributed by atoms with Crippen molar-refractivity contribution in [1.29, 1.82) is 0 Å². The minimum Gasteiger partial charge on any atom is -0.346 e. The van der Waals surface area contributed by atoms with Crippen molar-refractivity contribution in [3.8, 4) is 0 Å². The molecule has 0 amide bonds. The Morgan fingerprint density at radius 1 is 1.20 bits per heavy atom. The number of pyridine rings is 1. The minimum absolute atomic E-state index is 0.0830. The maximum atomic E-state index is 12.7. The van der Waals surface area contributed by atoms with Crippen LogP contribution in [-0.2, 0) is 0 Å². The summed E-state index contributed by atoms with van der Waals surface area (Å²) in [5.41, 5.74) is 0. The smallest absolute Gasteiger partial charge is 0.346 e. The Bertz CT molecular complexity index is 604. The van der Waals surface area contributed by atoms with Gasteiger partial charge < -0.3 is 4.90 Å². The highest BCUT2D eigenvalue weighted by Gasteiger charge is 2.31. The summed E-state index contributed by atoms with van der Waals surface area (Å²) >= 11 is 9.00. The highest BCUT2D eigenvalue weighted by atomic mass is 79.9. The first-order valence-corrected chi connectivity index (χ1v) is 7.16. The molecule has 0 unspecified atom stereocenters. The quantitative estimate of drug-likeness (QED) is 0.734. The van der Waals surface area contributed by atoms with Crippen LogP contribution in [0.3, 0.4) is 0 Å². The number of fused-ring (bicyclic) bond motifs is 1. The summed E-state index contributed by atoms with van der Waals surface area (Å²) in [4.78, 5) is 5.25. The predicted octanol–water partition coefficient (Wildman–Crippen LogP) is 4.60. The normalized spacial score (nSPS) is 11.8. The minimum atomic E-state index is -4.30. The van der Waals surface area contributed by atoms with E-state index in [1.807, 2.05) is 6.07 Å². The first-order valence-electron chi connectivity index (χ1n) is 5.83. The van der Waals surface area contributed by atoms with Crippen LogP contribution in [-0.4, -0.2) is 30.1 Å². The summed E-state index contributed by atoms with van der Waals surface area (Å²) < 4.78 is 38.8. The lowest BCUT2D eigenvalue weighted by Crippen LogP contribution is -2.36. The van der Waals surface area contributed by atoms with Crippen molar-refractivity contribution in [2.75, 3.05) is 23.9 Å². The van der Waals surface area contributed by atoms with E-state index in [9.17, 15) is 13.2 Å². The van der Waals surface area contributed by atoms with Crippen molar-refractivity contribution in [1.82, 2.24) is 4.98 Å². The number of anilines is 1. The highest BCUT2D eigenvalue weighted by molar-refractivity contribution is 9.10. The Morgan fingerprint density at radius 2 is 1.95 bits per heavy atom. The number of aromatic nitrogens is 1. The molecule has 2 rings (SSSR count). The largest absolute Gasteiger partial charge is 0.405 e. The van der Waals surface area contributed by atoms with E-state index in [1.54, 1.807) is 18.2 Å². The van der Waals surface area contributed by atoms with Crippen LogP contribution < -0.4 is 4.90 Å². The molecule has 20 heavy (non-hydrogen) atoms. The maximum Gasteiger partial charge on any atom is 0.405 e. The third-order valence-electron chi connectivity index (χ3n) is 2.76. The maximum absolute atomic E-state index is 12.7. The lowest BCUT2D eigenvalue weighted by molar-refractivity contribution is -0.119. The number of halogens is 5. The zero-order valence-corrected chi connectivity index (χ0v) is 12.6. The van der Waals surface area contributed by atoms with Crippen LogP contribution in [0.4, 0.5) is 19.0 Å². The fourth-order valence-electron chi connectivity index (χ4n) is 1.98. The van der Waals surface area contributed by atoms with Gasteiger partial charge in [0.1, 0.15) is 12.4 Å². The standard InChI is InChI=1S/C13H11BrClF3N2/c14-11-3-1-2-10-9(11)4-6-19-12(10)20(7-5-15)8-13(16,17)18/h1-4,6H,5,7-8H2. The van der Waals surface area contributed by atoms with Crippen LogP contribution >= 0.6 is 27.5 Å². The molecule has 1 aromatic heterocycles. The van der Waals surface area contributed by atoms with E-state index in [-0.39, 0.29) is 12.4 Å². The van der Waals surface area contributed by atoms with Crippen LogP contribution in [0, 0.1) is 0 Å². The van der Waals surface area contributed by atoms with Crippen molar-refractivity contribution in [2.24, 2.45) is 0 Å². The van der Waals surface area contributed by atoms with E-state index in [2.05, 4.69) is 20.9 Å². The Kier molecular flexibility index (Phi) is 4.75. The van der Waals surface area contributed by atoms with E-state index in [0.717, 1.165) is 14.8 Å². The fourth-order valence-corrected chi connectivity index (χ4v) is 2.69. The van der Waals surface area contributed by atoms with Gasteiger partial charge in [0.05, 0.1) is 0 Å². The number of rotatable bonds is 4. The van der Waals surface area contributed by atoms with Crippen molar-refractivity contribution < 1.29 is 13.2 Å². The summed E-state index contributed by atoms with van der Waals surface area (Å²) in [6, 6.07) is 7.11. The molecule has 2 aromatic rings. The fraction of sp³-hybridized carbons (Fsp3) is 0.308. The van der Waals surface area contributed by atoms with Crippen molar-refractivity contribution in [3.05, 3.63) is 34.9 Å². The molecule has 1 heterocycles. The molecule has 0 aliphatic rings. The van der Waals surface area contributed by atoms with Gasteiger partial charge in [0.2, 0.25) is 0 Å². The summed E-state index contributed by atoms with van der Waals surface area (Å²) in [6.07, 6.45) is -2.80. The number of benzene rings is 1. The average Bonchev–Trinajstić information content (AvgIpc) is 2.37. The number of nitrogens with zero attached hydrogens (tertiary/aromatic N) is 2. The summed E-state index contributed by atoms with van der Waals surface area (Å²) in [5, 5.41) is 1.48. The summed E-state index contributed by atoms with van der Waals surface area (Å²) in [6.45, 7) is -0.988. The van der Waals surface area contributed by atoms with E-state index in [0.29, 0.717) is 11.2 Å². The van der Waals surface area contributed by atoms with Gasteiger partial charge >= 0.3 is 6.18 Å². The van der Waals surface area contributed by atoms with Gasteiger partial charge in [-0.05, 0) is 12.1 Å². The second kappa shape index (κ2) is 6.18. The summed E-state index contributed by atoms with van der Waals surface area (Å²) in [7, 11) is 0. The molecule has 0 fully saturated rings. The second-order valence-corrected chi connectivity index (χ2v) is 5.43. The molecule has 1 aromatic carbocycles. The number of hydrogen-bond acceptors (Lipinski definition) is 2. The van der Waals surface area contributed by atoms with E-state index < -0.39 is 12.7 Å². The number of alkyl halides is 4. The van der Waals surface area contributed by atoms with Crippen LogP contribution in [0.25, 0.3) is 10.8 Å². The topological polar surface area (TPSA) is 16.1 Å². The third-order valence-corrected chi connectivity index (χ3v) is 3.62. The Hall–Kier alpha value is -1.01. The average molecular weight is 368 g/mol. The van der Waals surface area contributed by atoms with Gasteiger partial charge in [-0.1, -0.05) is 28.1 Å². The zero-order valence-electron chi connectivity index (χ0n) is 10.3. The van der Waals surface area contributed by atoms with Gasteiger partial charge in [-0.25, -0.2) is 4.98 Å². The SMILES string of the molecule is FC(F)(F)CN(CCCl)c1nccc2c(Br)cccc12. The molecular formula is C13H11BrClF3N2. The van der Waals surface area contributed by atoms with Crippen molar-refractivity contribution >= 4 is 44.1 Å². The monoisotopic (exact) mass is 366 g/mol. The highest BCUT2D eigenvalue weighted by Crippen LogP contribution is 2.31. The van der Waals surface area contributed by atoms with Crippen LogP contribution in [0.2, 0.25) is 0 Å². The van der Waals surface area contributed by atoms with Gasteiger partial charge in [0, 0.05) is 33.9 Å². The molecule has 0 N–H and O–H groups in total. The molecule has 0 saturated carbocycles. The van der Waals surface area contributed by atoms with Crippen LogP contribution in [0.5, 0.6) is 0 Å². The molecule has 0 spiro atoms. The van der Waals surface area contributed by atoms with E-state index >= 15 is 0 Å². The zero-order chi connectivity index (χ0) is 14.8. The van der Waals surface area contributed by atoms with Gasteiger partial charge in [0.15, 0.2) is 0 Å². The predicted molar refractivity (Wildman–Crippen MR) is 78.4 cm³/mol. The Labute approximate surface area is 127 Å². The molecule has 0 aliphatic carbocycles. The third kappa shape index (κ3) is 3.55. The van der Waals surface area contributed by atoms with Crippen LogP contribution in [0.1, 0.15) is 0 Å². The molecule has 0 saturated heterocycles.